The standard InChI is InChI=1S/C5H5F7O/c1-3(7,8)5(11,12)13-4(9,10)2-6/h2H2,1H3. The number of ether oxygens (including phenoxy) is 1. The summed E-state index contributed by atoms with van der Waals surface area (Å²) in [5.74, 6) is -4.80. The molecule has 0 aromatic rings. The normalized spacial score (nSPS) is 14.8. The number of hydrogen-bond acceptors (Lipinski definition) is 1. The molecule has 1 nitrogen and oxygen atoms in total. The highest BCUT2D eigenvalue weighted by molar-refractivity contribution is 4.72. The fraction of sp³-hybridized carbons (Fsp3) is 1.00. The lowest BCUT2D eigenvalue weighted by atomic mass is 10.3. The van der Waals surface area contributed by atoms with Gasteiger partial charge in [0.1, 0.15) is 0 Å². The van der Waals surface area contributed by atoms with Crippen molar-refractivity contribution in [2.75, 3.05) is 6.67 Å². The third-order valence-corrected chi connectivity index (χ3v) is 0.944. The third kappa shape index (κ3) is 3.37. The monoisotopic (exact) mass is 214 g/mol. The summed E-state index contributed by atoms with van der Waals surface area (Å²) < 4.78 is 84.8. The minimum Gasteiger partial charge on any atom is -0.248 e. The van der Waals surface area contributed by atoms with Crippen molar-refractivity contribution in [3.8, 4) is 0 Å². The van der Waals surface area contributed by atoms with Gasteiger partial charge in [-0.05, 0) is 0 Å². The molecule has 0 aliphatic carbocycles. The van der Waals surface area contributed by atoms with Crippen LogP contribution in [0.25, 0.3) is 0 Å². The van der Waals surface area contributed by atoms with Crippen molar-refractivity contribution in [1.29, 1.82) is 0 Å². The van der Waals surface area contributed by atoms with Crippen molar-refractivity contribution in [2.45, 2.75) is 25.1 Å². The molecule has 0 aromatic heterocycles. The molecule has 0 saturated heterocycles. The summed E-state index contributed by atoms with van der Waals surface area (Å²) in [4.78, 5) is 0. The van der Waals surface area contributed by atoms with E-state index in [0.717, 1.165) is 0 Å². The van der Waals surface area contributed by atoms with E-state index in [-0.39, 0.29) is 6.92 Å². The van der Waals surface area contributed by atoms with Crippen LogP contribution in [0.5, 0.6) is 0 Å². The Morgan fingerprint density at radius 1 is 1.00 bits per heavy atom. The van der Waals surface area contributed by atoms with E-state index in [9.17, 15) is 30.7 Å². The lowest BCUT2D eigenvalue weighted by molar-refractivity contribution is -0.428. The highest BCUT2D eigenvalue weighted by Crippen LogP contribution is 2.38. The summed E-state index contributed by atoms with van der Waals surface area (Å²) in [6, 6.07) is 0. The van der Waals surface area contributed by atoms with Crippen LogP contribution in [0.3, 0.4) is 0 Å². The molecule has 13 heavy (non-hydrogen) atoms. The lowest BCUT2D eigenvalue weighted by Crippen LogP contribution is -2.46. The van der Waals surface area contributed by atoms with E-state index in [0.29, 0.717) is 0 Å². The molecular weight excluding hydrogens is 209 g/mol. The second-order valence-electron chi connectivity index (χ2n) is 2.28. The van der Waals surface area contributed by atoms with Crippen molar-refractivity contribution >= 4 is 0 Å². The van der Waals surface area contributed by atoms with E-state index in [1.165, 1.54) is 0 Å². The van der Waals surface area contributed by atoms with Gasteiger partial charge in [-0.2, -0.15) is 26.3 Å². The molecule has 0 aliphatic heterocycles. The first-order valence-electron chi connectivity index (χ1n) is 2.91. The summed E-state index contributed by atoms with van der Waals surface area (Å²) in [6.45, 7) is -2.92. The van der Waals surface area contributed by atoms with Gasteiger partial charge in [-0.3, -0.25) is 0 Å². The molecule has 0 bridgehead atoms. The molecule has 0 aliphatic rings. The first kappa shape index (κ1) is 12.5. The van der Waals surface area contributed by atoms with E-state index in [1.807, 2.05) is 0 Å². The minimum absolute atomic E-state index is 0.318. The second kappa shape index (κ2) is 3.32. The van der Waals surface area contributed by atoms with Gasteiger partial charge in [0.2, 0.25) is 0 Å². The minimum atomic E-state index is -5.40. The maximum Gasteiger partial charge on any atom is 0.423 e. The highest BCUT2D eigenvalue weighted by Gasteiger charge is 2.59. The molecule has 8 heteroatoms. The van der Waals surface area contributed by atoms with Crippen molar-refractivity contribution in [2.24, 2.45) is 0 Å². The van der Waals surface area contributed by atoms with Crippen LogP contribution < -0.4 is 0 Å². The summed E-state index contributed by atoms with van der Waals surface area (Å²) in [5.41, 5.74) is 0. The van der Waals surface area contributed by atoms with Gasteiger partial charge in [-0.1, -0.05) is 0 Å². The number of rotatable bonds is 4. The third-order valence-electron chi connectivity index (χ3n) is 0.944. The summed E-state index contributed by atoms with van der Waals surface area (Å²) >= 11 is 0. The van der Waals surface area contributed by atoms with Crippen LogP contribution in [0.15, 0.2) is 0 Å². The molecule has 0 atom stereocenters. The fourth-order valence-corrected chi connectivity index (χ4v) is 0.304. The molecule has 0 N–H and O–H groups in total. The highest BCUT2D eigenvalue weighted by atomic mass is 19.3. The number of halogens is 7. The lowest BCUT2D eigenvalue weighted by Gasteiger charge is -2.25. The molecule has 0 heterocycles. The summed E-state index contributed by atoms with van der Waals surface area (Å²) in [5, 5.41) is 0. The molecule has 0 fully saturated rings. The molecule has 0 unspecified atom stereocenters. The Bertz CT molecular complexity index is 172. The Morgan fingerprint density at radius 3 is 1.62 bits per heavy atom. The van der Waals surface area contributed by atoms with Crippen LogP contribution in [0, 0.1) is 0 Å². The van der Waals surface area contributed by atoms with Crippen molar-refractivity contribution < 1.29 is 35.5 Å². The predicted octanol–water partition coefficient (Wildman–Crippen LogP) is 2.81. The van der Waals surface area contributed by atoms with Gasteiger partial charge in [0.15, 0.2) is 6.67 Å². The van der Waals surface area contributed by atoms with E-state index in [2.05, 4.69) is 4.74 Å². The van der Waals surface area contributed by atoms with Crippen LogP contribution in [0.4, 0.5) is 30.7 Å². The van der Waals surface area contributed by atoms with Crippen LogP contribution in [-0.4, -0.2) is 24.8 Å². The van der Waals surface area contributed by atoms with Gasteiger partial charge in [-0.15, -0.1) is 0 Å². The Kier molecular flexibility index (Phi) is 3.18. The van der Waals surface area contributed by atoms with Gasteiger partial charge in [-0.25, -0.2) is 9.13 Å². The molecule has 0 amide bonds. The largest absolute Gasteiger partial charge is 0.423 e. The zero-order chi connectivity index (χ0) is 10.9. The average Bonchev–Trinajstić information content (AvgIpc) is 1.83. The van der Waals surface area contributed by atoms with Gasteiger partial charge in [0, 0.05) is 6.92 Å². The van der Waals surface area contributed by atoms with Crippen LogP contribution in [-0.2, 0) is 4.74 Å². The van der Waals surface area contributed by atoms with Gasteiger partial charge in [0.25, 0.3) is 0 Å². The van der Waals surface area contributed by atoms with Crippen molar-refractivity contribution in [1.82, 2.24) is 0 Å². The zero-order valence-corrected chi connectivity index (χ0v) is 6.26. The van der Waals surface area contributed by atoms with Crippen molar-refractivity contribution in [3.63, 3.8) is 0 Å². The summed E-state index contributed by atoms with van der Waals surface area (Å²) in [6.07, 6.45) is -10.3. The Morgan fingerprint density at radius 2 is 1.38 bits per heavy atom. The van der Waals surface area contributed by atoms with E-state index >= 15 is 0 Å². The quantitative estimate of drug-likeness (QED) is 0.654. The molecule has 0 spiro atoms. The van der Waals surface area contributed by atoms with Crippen molar-refractivity contribution in [3.05, 3.63) is 0 Å². The molecule has 0 rings (SSSR count). The predicted molar refractivity (Wildman–Crippen MR) is 27.6 cm³/mol. The van der Waals surface area contributed by atoms with Crippen LogP contribution in [0.1, 0.15) is 6.92 Å². The topological polar surface area (TPSA) is 9.23 Å². The van der Waals surface area contributed by atoms with Gasteiger partial charge >= 0.3 is 18.1 Å². The first-order valence-corrected chi connectivity index (χ1v) is 2.91. The zero-order valence-electron chi connectivity index (χ0n) is 6.26. The number of alkyl halides is 7. The Labute approximate surface area is 68.5 Å². The maximum absolute atomic E-state index is 12.0. The SMILES string of the molecule is CC(F)(F)C(F)(F)OC(F)(F)CF. The van der Waals surface area contributed by atoms with Crippen LogP contribution >= 0.6 is 0 Å². The smallest absolute Gasteiger partial charge is 0.248 e. The van der Waals surface area contributed by atoms with Crippen LogP contribution in [0.2, 0.25) is 0 Å². The average molecular weight is 214 g/mol. The molecule has 80 valence electrons. The van der Waals surface area contributed by atoms with Gasteiger partial charge in [0.05, 0.1) is 0 Å². The Hall–Kier alpha value is -0.530. The summed E-state index contributed by atoms with van der Waals surface area (Å²) in [7, 11) is 0. The molecular formula is C5H5F7O. The van der Waals surface area contributed by atoms with E-state index in [4.69, 9.17) is 0 Å². The molecule has 0 aromatic carbocycles. The molecule has 0 radical (unpaired) electrons. The molecule has 0 saturated carbocycles. The van der Waals surface area contributed by atoms with Gasteiger partial charge < -0.3 is 0 Å². The Balaban J connectivity index is 4.52. The second-order valence-corrected chi connectivity index (χ2v) is 2.28. The first-order chi connectivity index (χ1) is 5.52. The maximum atomic E-state index is 12.0. The number of hydrogen-bond donors (Lipinski definition) is 0. The van der Waals surface area contributed by atoms with E-state index in [1.54, 1.807) is 0 Å². The fourth-order valence-electron chi connectivity index (χ4n) is 0.304. The van der Waals surface area contributed by atoms with E-state index < -0.39 is 24.8 Å².